The van der Waals surface area contributed by atoms with Crippen LogP contribution in [0.1, 0.15) is 53.6 Å². The number of halogens is 1. The van der Waals surface area contributed by atoms with E-state index < -0.39 is 48.8 Å². The van der Waals surface area contributed by atoms with Gasteiger partial charge in [-0.15, -0.1) is 0 Å². The number of benzene rings is 3. The Morgan fingerprint density at radius 2 is 1.56 bits per heavy atom. The zero-order valence-electron chi connectivity index (χ0n) is 29.1. The van der Waals surface area contributed by atoms with Gasteiger partial charge in [0.15, 0.2) is 0 Å². The van der Waals surface area contributed by atoms with Crippen LogP contribution in [0.5, 0.6) is 0 Å². The summed E-state index contributed by atoms with van der Waals surface area (Å²) in [6, 6.07) is 21.4. The second-order valence-corrected chi connectivity index (χ2v) is 13.7. The third kappa shape index (κ3) is 9.25. The number of rotatable bonds is 14. The molecule has 0 bridgehead atoms. The molecule has 0 aromatic heterocycles. The summed E-state index contributed by atoms with van der Waals surface area (Å²) in [6.07, 6.45) is -4.92. The zero-order chi connectivity index (χ0) is 37.5. The number of carbonyl (C=O) groups excluding carboxylic acids is 3. The number of hydrogen-bond acceptors (Lipinski definition) is 10. The van der Waals surface area contributed by atoms with Crippen LogP contribution in [0.2, 0.25) is 5.02 Å². The SMILES string of the molecule is CC1=C(C(=O)OCc2ccc(-c3ccc(C(=O)N(C)C[C@H](O)[C@@H](O)[C@H](O)[C@H](O)CO)cc3)cc2)[C@H](c2ccc(Cl)cc2)CC(=O)N1C[C@H]1CCCO1. The summed E-state index contributed by atoms with van der Waals surface area (Å²) in [4.78, 5) is 42.9. The maximum atomic E-state index is 13.7. The predicted molar refractivity (Wildman–Crippen MR) is 192 cm³/mol. The highest BCUT2D eigenvalue weighted by atomic mass is 35.5. The first-order valence-corrected chi connectivity index (χ1v) is 17.6. The minimum Gasteiger partial charge on any atom is -0.457 e. The molecule has 5 N–H and O–H groups in total. The standard InChI is InChI=1S/C39H45ClN2O10/c1-23-35(31(27-13-15-29(40)16-14-27)18-34(46)42(23)19-30-4-3-17-51-30)39(50)52-22-24-5-7-25(8-6-24)26-9-11-28(12-10-26)38(49)41(2)20-32(44)36(47)37(48)33(45)21-43/h5-16,30-33,36-37,43-45,47-48H,3-4,17-22H2,1-2H3/t30-,31+,32+,33-,36-,37-/m1/s1. The van der Waals surface area contributed by atoms with Crippen molar-refractivity contribution >= 4 is 29.4 Å². The second-order valence-electron chi connectivity index (χ2n) is 13.3. The minimum atomic E-state index is -1.79. The third-order valence-corrected chi connectivity index (χ3v) is 9.90. The Morgan fingerprint density at radius 3 is 2.15 bits per heavy atom. The van der Waals surface area contributed by atoms with Gasteiger partial charge in [0.1, 0.15) is 31.0 Å². The molecular formula is C39H45ClN2O10. The Morgan fingerprint density at radius 1 is 0.942 bits per heavy atom. The van der Waals surface area contributed by atoms with Gasteiger partial charge in [0.05, 0.1) is 24.8 Å². The van der Waals surface area contributed by atoms with E-state index in [9.17, 15) is 34.8 Å². The van der Waals surface area contributed by atoms with Crippen LogP contribution in [0.4, 0.5) is 0 Å². The van der Waals surface area contributed by atoms with Crippen molar-refractivity contribution in [3.63, 3.8) is 0 Å². The van der Waals surface area contributed by atoms with Gasteiger partial charge >= 0.3 is 5.97 Å². The van der Waals surface area contributed by atoms with Crippen molar-refractivity contribution < 1.29 is 49.4 Å². The number of ether oxygens (including phenoxy) is 2. The summed E-state index contributed by atoms with van der Waals surface area (Å²) in [7, 11) is 1.43. The first kappa shape index (κ1) is 39.1. The molecule has 2 aliphatic rings. The number of nitrogens with zero attached hydrogens (tertiary/aromatic N) is 2. The van der Waals surface area contributed by atoms with E-state index in [-0.39, 0.29) is 31.6 Å². The number of hydrogen-bond donors (Lipinski definition) is 5. The first-order valence-electron chi connectivity index (χ1n) is 17.2. The molecule has 3 aromatic rings. The van der Waals surface area contributed by atoms with Crippen molar-refractivity contribution in [2.45, 2.75) is 69.2 Å². The highest BCUT2D eigenvalue weighted by Crippen LogP contribution is 2.38. The van der Waals surface area contributed by atoms with Crippen LogP contribution in [0.3, 0.4) is 0 Å². The van der Waals surface area contributed by atoms with Gasteiger partial charge in [-0.1, -0.05) is 60.1 Å². The number of aliphatic hydroxyl groups excluding tert-OH is 5. The molecule has 13 heteroatoms. The van der Waals surface area contributed by atoms with Gasteiger partial charge in [0, 0.05) is 48.8 Å². The lowest BCUT2D eigenvalue weighted by Crippen LogP contribution is -2.49. The summed E-state index contributed by atoms with van der Waals surface area (Å²) >= 11 is 6.13. The Hall–Kier alpha value is -4.14. The second kappa shape index (κ2) is 17.6. The molecular weight excluding hydrogens is 692 g/mol. The summed E-state index contributed by atoms with van der Waals surface area (Å²) < 4.78 is 11.6. The van der Waals surface area contributed by atoms with Crippen LogP contribution < -0.4 is 0 Å². The monoisotopic (exact) mass is 736 g/mol. The third-order valence-electron chi connectivity index (χ3n) is 9.65. The minimum absolute atomic E-state index is 0.0131. The van der Waals surface area contributed by atoms with Crippen molar-refractivity contribution in [3.8, 4) is 11.1 Å². The Labute approximate surface area is 307 Å². The predicted octanol–water partition coefficient (Wildman–Crippen LogP) is 3.03. The van der Waals surface area contributed by atoms with E-state index >= 15 is 0 Å². The van der Waals surface area contributed by atoms with Gasteiger partial charge in [0.25, 0.3) is 5.91 Å². The average molecular weight is 737 g/mol. The van der Waals surface area contributed by atoms with Crippen LogP contribution >= 0.6 is 11.6 Å². The zero-order valence-corrected chi connectivity index (χ0v) is 29.9. The van der Waals surface area contributed by atoms with Crippen molar-refractivity contribution in [2.75, 3.05) is 33.4 Å². The van der Waals surface area contributed by atoms with Gasteiger partial charge in [-0.05, 0) is 66.3 Å². The van der Waals surface area contributed by atoms with Crippen LogP contribution in [0.25, 0.3) is 11.1 Å². The van der Waals surface area contributed by atoms with E-state index in [1.165, 1.54) is 11.9 Å². The van der Waals surface area contributed by atoms with Crippen molar-refractivity contribution in [3.05, 3.63) is 106 Å². The van der Waals surface area contributed by atoms with Crippen molar-refractivity contribution in [2.24, 2.45) is 0 Å². The molecule has 0 radical (unpaired) electrons. The number of carbonyl (C=O) groups is 3. The molecule has 5 rings (SSSR count). The van der Waals surface area contributed by atoms with Crippen LogP contribution in [0.15, 0.2) is 84.1 Å². The Balaban J connectivity index is 1.23. The van der Waals surface area contributed by atoms with E-state index in [4.69, 9.17) is 26.2 Å². The number of likely N-dealkylation sites (N-methyl/N-ethyl adjacent to an activating group) is 1. The number of amides is 2. The molecule has 0 spiro atoms. The summed E-state index contributed by atoms with van der Waals surface area (Å²) in [5, 5.41) is 49.2. The summed E-state index contributed by atoms with van der Waals surface area (Å²) in [6.45, 7) is 1.71. The molecule has 0 unspecified atom stereocenters. The van der Waals surface area contributed by atoms with E-state index in [0.29, 0.717) is 35.0 Å². The largest absolute Gasteiger partial charge is 0.457 e. The molecule has 2 aliphatic heterocycles. The number of esters is 1. The highest BCUT2D eigenvalue weighted by Gasteiger charge is 2.38. The lowest BCUT2D eigenvalue weighted by molar-refractivity contribution is -0.141. The normalized spacial score (nSPS) is 20.0. The number of allylic oxidation sites excluding steroid dienone is 1. The summed E-state index contributed by atoms with van der Waals surface area (Å²) in [5.41, 5.74) is 4.56. The smallest absolute Gasteiger partial charge is 0.336 e. The molecule has 6 atom stereocenters. The van der Waals surface area contributed by atoms with Crippen LogP contribution in [-0.2, 0) is 25.7 Å². The Kier molecular flexibility index (Phi) is 13.2. The topological polar surface area (TPSA) is 177 Å². The van der Waals surface area contributed by atoms with E-state index in [1.54, 1.807) is 48.2 Å². The van der Waals surface area contributed by atoms with Gasteiger partial charge in [-0.3, -0.25) is 9.59 Å². The highest BCUT2D eigenvalue weighted by molar-refractivity contribution is 6.30. The molecule has 12 nitrogen and oxygen atoms in total. The van der Waals surface area contributed by atoms with Gasteiger partial charge < -0.3 is 44.8 Å². The molecule has 52 heavy (non-hydrogen) atoms. The average Bonchev–Trinajstić information content (AvgIpc) is 3.68. The van der Waals surface area contributed by atoms with E-state index in [0.717, 1.165) is 35.1 Å². The fourth-order valence-electron chi connectivity index (χ4n) is 6.55. The molecule has 2 heterocycles. The molecule has 0 aliphatic carbocycles. The molecule has 3 aromatic carbocycles. The Bertz CT molecular complexity index is 1730. The molecule has 278 valence electrons. The quantitative estimate of drug-likeness (QED) is 0.155. The van der Waals surface area contributed by atoms with Crippen LogP contribution in [-0.4, -0.2) is 117 Å². The van der Waals surface area contributed by atoms with E-state index in [1.807, 2.05) is 36.4 Å². The van der Waals surface area contributed by atoms with Crippen LogP contribution in [0, 0.1) is 0 Å². The fraction of sp³-hybridized carbons (Fsp3) is 0.410. The van der Waals surface area contributed by atoms with E-state index in [2.05, 4.69) is 0 Å². The van der Waals surface area contributed by atoms with Crippen molar-refractivity contribution in [1.82, 2.24) is 9.80 Å². The lowest BCUT2D eigenvalue weighted by atomic mass is 9.83. The van der Waals surface area contributed by atoms with Gasteiger partial charge in [-0.2, -0.15) is 0 Å². The first-order chi connectivity index (χ1) is 24.9. The summed E-state index contributed by atoms with van der Waals surface area (Å²) in [5.74, 6) is -1.49. The fourth-order valence-corrected chi connectivity index (χ4v) is 6.68. The number of aliphatic hydroxyl groups is 5. The molecule has 1 fully saturated rings. The molecule has 0 saturated carbocycles. The lowest BCUT2D eigenvalue weighted by Gasteiger charge is -2.35. The maximum absolute atomic E-state index is 13.7. The molecule has 2 amide bonds. The van der Waals surface area contributed by atoms with Crippen molar-refractivity contribution in [1.29, 1.82) is 0 Å². The van der Waals surface area contributed by atoms with Gasteiger partial charge in [-0.25, -0.2) is 4.79 Å². The maximum Gasteiger partial charge on any atom is 0.336 e. The molecule has 1 saturated heterocycles. The van der Waals surface area contributed by atoms with Gasteiger partial charge in [0.2, 0.25) is 5.91 Å².